The molecule has 8 heteroatoms. The van der Waals surface area contributed by atoms with Crippen LogP contribution in [0.3, 0.4) is 0 Å². The number of rotatable bonds is 3. The minimum Gasteiger partial charge on any atom is -0.436 e. The van der Waals surface area contributed by atoms with Crippen molar-refractivity contribution < 1.29 is 9.13 Å². The largest absolute Gasteiger partial charge is 0.436 e. The van der Waals surface area contributed by atoms with Crippen LogP contribution in [0.1, 0.15) is 0 Å². The number of hydrogen-bond acceptors (Lipinski definition) is 5. The van der Waals surface area contributed by atoms with Crippen LogP contribution >= 0.6 is 23.2 Å². The number of nitrogens with zero attached hydrogens (tertiary/aromatic N) is 2. The molecular formula is C10H7Cl2FN4O. The number of aromatic nitrogens is 2. The third-order valence-corrected chi connectivity index (χ3v) is 2.69. The van der Waals surface area contributed by atoms with Crippen molar-refractivity contribution in [3.05, 3.63) is 40.3 Å². The van der Waals surface area contributed by atoms with Crippen molar-refractivity contribution >= 4 is 29.2 Å². The molecule has 0 bridgehead atoms. The minimum absolute atomic E-state index is 0.0338. The second-order valence-corrected chi connectivity index (χ2v) is 3.98. The van der Waals surface area contributed by atoms with E-state index in [1.807, 2.05) is 0 Å². The summed E-state index contributed by atoms with van der Waals surface area (Å²) in [5, 5.41) is 0.664. The third-order valence-electron chi connectivity index (χ3n) is 1.95. The number of hydrazine groups is 1. The van der Waals surface area contributed by atoms with E-state index in [4.69, 9.17) is 33.8 Å². The summed E-state index contributed by atoms with van der Waals surface area (Å²) in [7, 11) is 0. The summed E-state index contributed by atoms with van der Waals surface area (Å²) in [4.78, 5) is 7.30. The van der Waals surface area contributed by atoms with Crippen molar-refractivity contribution in [1.29, 1.82) is 0 Å². The van der Waals surface area contributed by atoms with Crippen LogP contribution in [0.15, 0.2) is 24.4 Å². The number of nitrogen functional groups attached to an aromatic ring is 1. The molecule has 0 aliphatic heterocycles. The first-order valence-corrected chi connectivity index (χ1v) is 5.48. The molecule has 1 aromatic carbocycles. The molecule has 0 unspecified atom stereocenters. The Balaban J connectivity index is 2.30. The molecule has 2 rings (SSSR count). The molecule has 3 N–H and O–H groups in total. The molecule has 1 aromatic heterocycles. The molecule has 94 valence electrons. The highest BCUT2D eigenvalue weighted by atomic mass is 35.5. The average Bonchev–Trinajstić information content (AvgIpc) is 2.36. The Hall–Kier alpha value is -1.63. The zero-order valence-corrected chi connectivity index (χ0v) is 10.3. The lowest BCUT2D eigenvalue weighted by atomic mass is 10.3. The Labute approximate surface area is 112 Å². The molecule has 0 amide bonds. The van der Waals surface area contributed by atoms with Crippen molar-refractivity contribution in [2.75, 3.05) is 5.43 Å². The summed E-state index contributed by atoms with van der Waals surface area (Å²) in [6.45, 7) is 0. The lowest BCUT2D eigenvalue weighted by Crippen LogP contribution is -2.11. The second-order valence-electron chi connectivity index (χ2n) is 3.17. The molecule has 1 heterocycles. The Kier molecular flexibility index (Phi) is 3.81. The number of benzene rings is 1. The fourth-order valence-corrected chi connectivity index (χ4v) is 1.43. The van der Waals surface area contributed by atoms with E-state index in [-0.39, 0.29) is 11.8 Å². The lowest BCUT2D eigenvalue weighted by molar-refractivity contribution is 0.420. The predicted octanol–water partition coefficient (Wildman–Crippen LogP) is 3.00. The van der Waals surface area contributed by atoms with Gasteiger partial charge in [-0.25, -0.2) is 10.8 Å². The molecule has 0 saturated heterocycles. The number of halogens is 3. The van der Waals surface area contributed by atoms with Crippen LogP contribution in [0, 0.1) is 5.82 Å². The number of nitrogens with two attached hydrogens (primary N) is 1. The Morgan fingerprint density at radius 2 is 2.06 bits per heavy atom. The van der Waals surface area contributed by atoms with Gasteiger partial charge in [0.25, 0.3) is 5.88 Å². The van der Waals surface area contributed by atoms with Crippen LogP contribution in [0.25, 0.3) is 0 Å². The molecule has 0 fully saturated rings. The van der Waals surface area contributed by atoms with Crippen LogP contribution in [-0.2, 0) is 0 Å². The molecule has 0 atom stereocenters. The Bertz CT molecular complexity index is 582. The highest BCUT2D eigenvalue weighted by molar-refractivity contribution is 6.42. The molecule has 18 heavy (non-hydrogen) atoms. The molecule has 0 aliphatic carbocycles. The van der Waals surface area contributed by atoms with Gasteiger partial charge in [-0.2, -0.15) is 9.37 Å². The van der Waals surface area contributed by atoms with E-state index in [2.05, 4.69) is 15.4 Å². The minimum atomic E-state index is -0.722. The maximum absolute atomic E-state index is 13.4. The van der Waals surface area contributed by atoms with Crippen LogP contribution in [0.2, 0.25) is 10.0 Å². The average molecular weight is 289 g/mol. The van der Waals surface area contributed by atoms with Gasteiger partial charge in [0.05, 0.1) is 16.2 Å². The van der Waals surface area contributed by atoms with Gasteiger partial charge in [-0.3, -0.25) is 5.43 Å². The molecule has 0 radical (unpaired) electrons. The zero-order valence-electron chi connectivity index (χ0n) is 8.82. The number of nitrogens with one attached hydrogen (secondary N) is 1. The Morgan fingerprint density at radius 3 is 2.72 bits per heavy atom. The zero-order chi connectivity index (χ0) is 13.1. The normalized spacial score (nSPS) is 10.2. The van der Waals surface area contributed by atoms with E-state index in [0.29, 0.717) is 15.8 Å². The van der Waals surface area contributed by atoms with Gasteiger partial charge < -0.3 is 4.74 Å². The third kappa shape index (κ3) is 2.79. The predicted molar refractivity (Wildman–Crippen MR) is 66.3 cm³/mol. The smallest absolute Gasteiger partial charge is 0.260 e. The molecule has 5 nitrogen and oxygen atoms in total. The molecule has 0 aliphatic rings. The topological polar surface area (TPSA) is 73.1 Å². The molecular weight excluding hydrogens is 282 g/mol. The number of hydrogen-bond donors (Lipinski definition) is 2. The number of ether oxygens (including phenoxy) is 1. The summed E-state index contributed by atoms with van der Waals surface area (Å²) >= 11 is 11.6. The van der Waals surface area contributed by atoms with Crippen molar-refractivity contribution in [2.45, 2.75) is 0 Å². The van der Waals surface area contributed by atoms with Crippen molar-refractivity contribution in [3.8, 4) is 11.6 Å². The maximum atomic E-state index is 13.4. The van der Waals surface area contributed by atoms with E-state index in [0.717, 1.165) is 6.20 Å². The van der Waals surface area contributed by atoms with Crippen LogP contribution < -0.4 is 16.0 Å². The van der Waals surface area contributed by atoms with E-state index in [9.17, 15) is 4.39 Å². The summed E-state index contributed by atoms with van der Waals surface area (Å²) in [5.41, 5.74) is 2.18. The summed E-state index contributed by atoms with van der Waals surface area (Å²) in [6, 6.07) is 4.51. The van der Waals surface area contributed by atoms with Crippen LogP contribution in [-0.4, -0.2) is 9.97 Å². The molecule has 0 spiro atoms. The van der Waals surface area contributed by atoms with Gasteiger partial charge in [-0.1, -0.05) is 23.2 Å². The number of anilines is 1. The first kappa shape index (κ1) is 12.8. The molecule has 0 saturated carbocycles. The van der Waals surface area contributed by atoms with Crippen LogP contribution in [0.5, 0.6) is 11.6 Å². The van der Waals surface area contributed by atoms with Gasteiger partial charge in [0.1, 0.15) is 5.75 Å². The van der Waals surface area contributed by atoms with Crippen molar-refractivity contribution in [2.24, 2.45) is 5.84 Å². The van der Waals surface area contributed by atoms with Crippen molar-refractivity contribution in [3.63, 3.8) is 0 Å². The van der Waals surface area contributed by atoms with Crippen molar-refractivity contribution in [1.82, 2.24) is 9.97 Å². The maximum Gasteiger partial charge on any atom is 0.260 e. The highest BCUT2D eigenvalue weighted by Gasteiger charge is 2.10. The van der Waals surface area contributed by atoms with Gasteiger partial charge in [0, 0.05) is 6.07 Å². The second kappa shape index (κ2) is 5.34. The fraction of sp³-hybridized carbons (Fsp3) is 0. The van der Waals surface area contributed by atoms with Gasteiger partial charge in [-0.15, -0.1) is 0 Å². The molecule has 2 aromatic rings. The lowest BCUT2D eigenvalue weighted by Gasteiger charge is -2.07. The Morgan fingerprint density at radius 1 is 1.28 bits per heavy atom. The summed E-state index contributed by atoms with van der Waals surface area (Å²) in [5.74, 6) is 4.46. The van der Waals surface area contributed by atoms with E-state index in [1.165, 1.54) is 18.2 Å². The quantitative estimate of drug-likeness (QED) is 0.671. The first-order valence-electron chi connectivity index (χ1n) is 4.72. The SMILES string of the molecule is NNc1ncc(F)c(Oc2ccc(Cl)c(Cl)c2)n1. The van der Waals surface area contributed by atoms with E-state index >= 15 is 0 Å². The summed E-state index contributed by atoms with van der Waals surface area (Å²) < 4.78 is 18.6. The first-order chi connectivity index (χ1) is 8.60. The van der Waals surface area contributed by atoms with Gasteiger partial charge in [-0.05, 0) is 12.1 Å². The van der Waals surface area contributed by atoms with Gasteiger partial charge in [0.15, 0.2) is 0 Å². The van der Waals surface area contributed by atoms with Gasteiger partial charge >= 0.3 is 0 Å². The van der Waals surface area contributed by atoms with Gasteiger partial charge in [0.2, 0.25) is 11.8 Å². The fourth-order valence-electron chi connectivity index (χ4n) is 1.14. The summed E-state index contributed by atoms with van der Waals surface area (Å²) in [6.07, 6.45) is 0.940. The van der Waals surface area contributed by atoms with E-state index in [1.54, 1.807) is 0 Å². The monoisotopic (exact) mass is 288 g/mol. The highest BCUT2D eigenvalue weighted by Crippen LogP contribution is 2.29. The standard InChI is InChI=1S/C10H7Cl2FN4O/c11-6-2-1-5(3-7(6)12)18-9-8(13)4-15-10(16-9)17-14/h1-4H,14H2,(H,15,16,17). The van der Waals surface area contributed by atoms with E-state index < -0.39 is 5.82 Å². The van der Waals surface area contributed by atoms with Crippen LogP contribution in [0.4, 0.5) is 10.3 Å².